The third kappa shape index (κ3) is 163. The van der Waals surface area contributed by atoms with Crippen LogP contribution in [0, 0.1) is 11.3 Å². The van der Waals surface area contributed by atoms with Gasteiger partial charge in [0.05, 0.1) is 0 Å². The summed E-state index contributed by atoms with van der Waals surface area (Å²) in [6.07, 6.45) is 0. The molecule has 6 heteroatoms. The average Bonchev–Trinajstić information content (AvgIpc) is 1.65. The van der Waals surface area contributed by atoms with Crippen molar-refractivity contribution >= 4 is 25.3 Å². The molecule has 0 saturated carbocycles. The summed E-state index contributed by atoms with van der Waals surface area (Å²) in [6.45, 7) is 0. The number of hydrogen-bond donors (Lipinski definition) is 0. The first-order valence-corrected chi connectivity index (χ1v) is 1.94. The molecule has 0 aromatic carbocycles. The molecule has 0 aromatic heterocycles. The van der Waals surface area contributed by atoms with Gasteiger partial charge in [-0.2, -0.15) is 0 Å². The van der Waals surface area contributed by atoms with Crippen LogP contribution in [0.1, 0.15) is 0 Å². The molecular formula is C2H2BF3LiN. The van der Waals surface area contributed by atoms with E-state index in [-0.39, 0.29) is 0 Å². The first-order valence-electron chi connectivity index (χ1n) is 1.94. The summed E-state index contributed by atoms with van der Waals surface area (Å²) in [5, 5.41) is 8.25. The molecule has 0 atom stereocenters. The SMILES string of the molecule is FB(F)F.[Li][CH2]C#N. The van der Waals surface area contributed by atoms with Gasteiger partial charge < -0.3 is 0 Å². The van der Waals surface area contributed by atoms with Crippen LogP contribution in [0.25, 0.3) is 0 Å². The Bertz CT molecular complexity index is 69.4. The van der Waals surface area contributed by atoms with Crippen LogP contribution in [0.3, 0.4) is 0 Å². The van der Waals surface area contributed by atoms with Crippen molar-refractivity contribution in [3.63, 3.8) is 0 Å². The van der Waals surface area contributed by atoms with Gasteiger partial charge in [-0.05, 0) is 0 Å². The van der Waals surface area contributed by atoms with Crippen LogP contribution in [0.5, 0.6) is 0 Å². The van der Waals surface area contributed by atoms with Crippen molar-refractivity contribution in [1.82, 2.24) is 0 Å². The van der Waals surface area contributed by atoms with Crippen molar-refractivity contribution in [2.24, 2.45) is 0 Å². The van der Waals surface area contributed by atoms with E-state index >= 15 is 0 Å². The van der Waals surface area contributed by atoms with E-state index in [9.17, 15) is 12.9 Å². The van der Waals surface area contributed by atoms with Gasteiger partial charge in [0, 0.05) is 0 Å². The van der Waals surface area contributed by atoms with Crippen LogP contribution in [0.2, 0.25) is 5.09 Å². The van der Waals surface area contributed by atoms with Gasteiger partial charge in [-0.1, -0.05) is 0 Å². The number of nitrogens with zero attached hydrogens (tertiary/aromatic N) is 1. The summed E-state index contributed by atoms with van der Waals surface area (Å²) in [5.74, 6) is 0. The maximum absolute atomic E-state index is 9.67. The summed E-state index contributed by atoms with van der Waals surface area (Å²) in [7, 11) is -3.67. The first kappa shape index (κ1) is 10.8. The summed E-state index contributed by atoms with van der Waals surface area (Å²) >= 11 is 1.82. The van der Waals surface area contributed by atoms with Crippen LogP contribution in [-0.2, 0) is 0 Å². The molecule has 0 heterocycles. The zero-order chi connectivity index (χ0) is 6.99. The van der Waals surface area contributed by atoms with Crippen molar-refractivity contribution in [1.29, 1.82) is 5.26 Å². The summed E-state index contributed by atoms with van der Waals surface area (Å²) in [5.41, 5.74) is 0. The molecule has 0 spiro atoms. The number of hydrogen-bond acceptors (Lipinski definition) is 1. The van der Waals surface area contributed by atoms with E-state index in [0.29, 0.717) is 5.09 Å². The van der Waals surface area contributed by atoms with E-state index in [1.165, 1.54) is 0 Å². The van der Waals surface area contributed by atoms with Crippen LogP contribution in [0.15, 0.2) is 0 Å². The molecule has 40 valence electrons. The fourth-order valence-electron chi connectivity index (χ4n) is 0. The molecule has 0 rings (SSSR count). The zero-order valence-electron chi connectivity index (χ0n) is 4.37. The molecule has 0 unspecified atom stereocenters. The van der Waals surface area contributed by atoms with Crippen LogP contribution < -0.4 is 0 Å². The van der Waals surface area contributed by atoms with Gasteiger partial charge >= 0.3 is 41.7 Å². The predicted octanol–water partition coefficient (Wildman–Crippen LogP) is 0.977. The van der Waals surface area contributed by atoms with Crippen molar-refractivity contribution in [3.05, 3.63) is 0 Å². The monoisotopic (exact) mass is 115 g/mol. The molecule has 0 saturated heterocycles. The van der Waals surface area contributed by atoms with Gasteiger partial charge in [0.1, 0.15) is 0 Å². The van der Waals surface area contributed by atoms with Gasteiger partial charge in [0.2, 0.25) is 0 Å². The van der Waals surface area contributed by atoms with E-state index in [0.717, 1.165) is 0 Å². The molecule has 0 fully saturated rings. The van der Waals surface area contributed by atoms with E-state index < -0.39 is 7.54 Å². The van der Waals surface area contributed by atoms with Crippen LogP contribution >= 0.6 is 0 Å². The van der Waals surface area contributed by atoms with Gasteiger partial charge in [-0.15, -0.1) is 0 Å². The Labute approximate surface area is 55.3 Å². The Morgan fingerprint density at radius 3 is 1.62 bits per heavy atom. The molecular weight excluding hydrogens is 113 g/mol. The minimum absolute atomic E-state index is 0.625. The summed E-state index contributed by atoms with van der Waals surface area (Å²) in [4.78, 5) is 0. The number of nitriles is 1. The van der Waals surface area contributed by atoms with E-state index in [1.54, 1.807) is 0 Å². The molecule has 0 bridgehead atoms. The average molecular weight is 115 g/mol. The Balaban J connectivity index is 0. The van der Waals surface area contributed by atoms with E-state index in [1.807, 2.05) is 23.8 Å². The van der Waals surface area contributed by atoms with Crippen molar-refractivity contribution < 1.29 is 12.9 Å². The molecule has 0 amide bonds. The van der Waals surface area contributed by atoms with Crippen molar-refractivity contribution in [2.75, 3.05) is 0 Å². The standard InChI is InChI=1S/C2H2N.BF3.Li/c1-2-3;2-1(3)4;/h1H2;;. The van der Waals surface area contributed by atoms with Gasteiger partial charge in [0.15, 0.2) is 0 Å². The van der Waals surface area contributed by atoms with Crippen LogP contribution in [-0.4, -0.2) is 25.3 Å². The zero-order valence-corrected chi connectivity index (χ0v) is 4.37. The Hall–Kier alpha value is -0.0577. The predicted molar refractivity (Wildman–Crippen MR) is 25.3 cm³/mol. The number of halogens is 3. The topological polar surface area (TPSA) is 23.8 Å². The number of rotatable bonds is 0. The minimum atomic E-state index is -3.67. The Morgan fingerprint density at radius 1 is 1.50 bits per heavy atom. The van der Waals surface area contributed by atoms with Gasteiger partial charge in [0.25, 0.3) is 0 Å². The van der Waals surface area contributed by atoms with E-state index in [2.05, 4.69) is 0 Å². The molecule has 0 aromatic rings. The Kier molecular flexibility index (Phi) is 13.6. The quantitative estimate of drug-likeness (QED) is 0.431. The molecule has 0 aliphatic heterocycles. The van der Waals surface area contributed by atoms with E-state index in [4.69, 9.17) is 5.26 Å². The van der Waals surface area contributed by atoms with Gasteiger partial charge in [-0.3, -0.25) is 12.9 Å². The molecule has 0 aliphatic carbocycles. The second-order valence-electron chi connectivity index (χ2n) is 0.759. The molecule has 0 aliphatic rings. The fraction of sp³-hybridized carbons (Fsp3) is 0.500. The van der Waals surface area contributed by atoms with Crippen molar-refractivity contribution in [2.45, 2.75) is 5.09 Å². The Morgan fingerprint density at radius 2 is 1.62 bits per heavy atom. The molecule has 8 heavy (non-hydrogen) atoms. The molecule has 0 N–H and O–H groups in total. The third-order valence-corrected chi connectivity index (χ3v) is 0.158. The molecule has 0 radical (unpaired) electrons. The molecule has 1 nitrogen and oxygen atoms in total. The summed E-state index contributed by atoms with van der Waals surface area (Å²) in [6, 6.07) is 1.93. The maximum atomic E-state index is 9.67. The van der Waals surface area contributed by atoms with Crippen LogP contribution in [0.4, 0.5) is 12.9 Å². The summed E-state index contributed by atoms with van der Waals surface area (Å²) < 4.78 is 29.0. The second-order valence-corrected chi connectivity index (χ2v) is 0.759. The first-order chi connectivity index (χ1) is 3.65. The normalized spacial score (nSPS) is 6.00. The second kappa shape index (κ2) is 10.0. The third-order valence-electron chi connectivity index (χ3n) is 0.158. The fourth-order valence-corrected chi connectivity index (χ4v) is 0. The van der Waals surface area contributed by atoms with Gasteiger partial charge in [-0.25, -0.2) is 0 Å². The van der Waals surface area contributed by atoms with Crippen molar-refractivity contribution in [3.8, 4) is 6.07 Å².